The highest BCUT2D eigenvalue weighted by atomic mass is 16.3. The van der Waals surface area contributed by atoms with Gasteiger partial charge in [-0.1, -0.05) is 23.4 Å². The third kappa shape index (κ3) is 2.53. The number of nitrogens with zero attached hydrogens (tertiary/aromatic N) is 5. The number of para-hydroxylation sites is 1. The van der Waals surface area contributed by atoms with Gasteiger partial charge in [-0.25, -0.2) is 4.68 Å². The average Bonchev–Trinajstić information content (AvgIpc) is 3.19. The summed E-state index contributed by atoms with van der Waals surface area (Å²) in [6, 6.07) is 8.21. The van der Waals surface area contributed by atoms with Gasteiger partial charge >= 0.3 is 0 Å². The summed E-state index contributed by atoms with van der Waals surface area (Å²) in [5.41, 5.74) is 3.61. The highest BCUT2D eigenvalue weighted by molar-refractivity contribution is 5.94. The van der Waals surface area contributed by atoms with Crippen molar-refractivity contribution >= 4 is 16.6 Å². The molecule has 3 aromatic rings. The van der Waals surface area contributed by atoms with Crippen LogP contribution < -0.4 is 4.90 Å². The summed E-state index contributed by atoms with van der Waals surface area (Å²) >= 11 is 0. The molecule has 124 valence electrons. The third-order valence-corrected chi connectivity index (χ3v) is 4.92. The van der Waals surface area contributed by atoms with Gasteiger partial charge in [0.15, 0.2) is 0 Å². The minimum atomic E-state index is -0.793. The number of hydrogen-bond donors (Lipinski definition) is 1. The minimum absolute atomic E-state index is 0.463. The molecule has 0 amide bonds. The fourth-order valence-electron chi connectivity index (χ4n) is 3.61. The topological polar surface area (TPSA) is 67.1 Å². The monoisotopic (exact) mass is 323 g/mol. The first-order chi connectivity index (χ1) is 11.6. The van der Waals surface area contributed by atoms with Gasteiger partial charge in [0.05, 0.1) is 23.9 Å². The van der Waals surface area contributed by atoms with E-state index in [0.717, 1.165) is 23.1 Å². The predicted molar refractivity (Wildman–Crippen MR) is 93.0 cm³/mol. The van der Waals surface area contributed by atoms with Gasteiger partial charge in [0, 0.05) is 30.4 Å². The number of fused-ring (bicyclic) bond motifs is 1. The second kappa shape index (κ2) is 5.56. The molecule has 1 saturated heterocycles. The summed E-state index contributed by atoms with van der Waals surface area (Å²) in [5, 5.41) is 19.9. The third-order valence-electron chi connectivity index (χ3n) is 4.92. The van der Waals surface area contributed by atoms with Crippen LogP contribution in [0.15, 0.2) is 36.7 Å². The van der Waals surface area contributed by atoms with Crippen LogP contribution in [0.2, 0.25) is 0 Å². The number of hydrogen-bond acceptors (Lipinski definition) is 5. The normalized spacial score (nSPS) is 20.9. The van der Waals surface area contributed by atoms with Crippen molar-refractivity contribution in [3.05, 3.63) is 47.9 Å². The van der Waals surface area contributed by atoms with Crippen molar-refractivity contribution in [1.82, 2.24) is 20.0 Å². The summed E-state index contributed by atoms with van der Waals surface area (Å²) in [5.74, 6) is 0. The van der Waals surface area contributed by atoms with Crippen molar-refractivity contribution in [3.63, 3.8) is 0 Å². The lowest BCUT2D eigenvalue weighted by atomic mass is 10.0. The molecule has 1 unspecified atom stereocenters. The van der Waals surface area contributed by atoms with Crippen LogP contribution in [0.5, 0.6) is 0 Å². The maximum Gasteiger partial charge on any atom is 0.103 e. The standard InChI is InChI=1S/C18H21N5O/c1-13-14(2)20-16-6-4-3-5-15(16)17(13)22-9-7-18(24,11-22)12-23-10-8-19-21-23/h3-6,8,10,24H,7,9,11-12H2,1-2H3. The number of aromatic nitrogens is 4. The lowest BCUT2D eigenvalue weighted by molar-refractivity contribution is 0.0409. The molecule has 1 aliphatic rings. The molecule has 2 aromatic heterocycles. The van der Waals surface area contributed by atoms with E-state index in [9.17, 15) is 5.11 Å². The first-order valence-corrected chi connectivity index (χ1v) is 8.23. The SMILES string of the molecule is Cc1nc2ccccc2c(N2CCC(O)(Cn3ccnn3)C2)c1C. The molecule has 1 fully saturated rings. The molecule has 4 rings (SSSR count). The quantitative estimate of drug-likeness (QED) is 0.799. The van der Waals surface area contributed by atoms with Crippen molar-refractivity contribution in [1.29, 1.82) is 0 Å². The molecule has 1 atom stereocenters. The maximum atomic E-state index is 11.0. The molecule has 6 heteroatoms. The van der Waals surface area contributed by atoms with Gasteiger partial charge in [-0.15, -0.1) is 5.10 Å². The van der Waals surface area contributed by atoms with Crippen molar-refractivity contribution in [2.45, 2.75) is 32.4 Å². The second-order valence-corrected chi connectivity index (χ2v) is 6.68. The van der Waals surface area contributed by atoms with Crippen molar-refractivity contribution in [2.75, 3.05) is 18.0 Å². The first-order valence-electron chi connectivity index (χ1n) is 8.23. The summed E-state index contributed by atoms with van der Waals surface area (Å²) in [6.45, 7) is 6.02. The van der Waals surface area contributed by atoms with Gasteiger partial charge in [-0.2, -0.15) is 0 Å². The second-order valence-electron chi connectivity index (χ2n) is 6.68. The van der Waals surface area contributed by atoms with Gasteiger partial charge in [-0.3, -0.25) is 4.98 Å². The Morgan fingerprint density at radius 1 is 1.25 bits per heavy atom. The van der Waals surface area contributed by atoms with Crippen molar-refractivity contribution < 1.29 is 5.11 Å². The fraction of sp³-hybridized carbons (Fsp3) is 0.389. The van der Waals surface area contributed by atoms with E-state index >= 15 is 0 Å². The Bertz CT molecular complexity index is 877. The number of aryl methyl sites for hydroxylation is 1. The Kier molecular flexibility index (Phi) is 3.49. The van der Waals surface area contributed by atoms with E-state index in [2.05, 4.69) is 28.2 Å². The lowest BCUT2D eigenvalue weighted by Gasteiger charge is -2.26. The maximum absolute atomic E-state index is 11.0. The molecule has 24 heavy (non-hydrogen) atoms. The Balaban J connectivity index is 1.70. The van der Waals surface area contributed by atoms with E-state index in [0.29, 0.717) is 19.5 Å². The number of anilines is 1. The highest BCUT2D eigenvalue weighted by Gasteiger charge is 2.38. The zero-order chi connectivity index (χ0) is 16.7. The van der Waals surface area contributed by atoms with E-state index < -0.39 is 5.60 Å². The molecule has 0 aliphatic carbocycles. The van der Waals surface area contributed by atoms with Crippen LogP contribution in [0, 0.1) is 13.8 Å². The summed E-state index contributed by atoms with van der Waals surface area (Å²) in [4.78, 5) is 6.97. The zero-order valence-electron chi connectivity index (χ0n) is 14.0. The summed E-state index contributed by atoms with van der Waals surface area (Å²) in [6.07, 6.45) is 4.14. The van der Waals surface area contributed by atoms with Gasteiger partial charge in [0.25, 0.3) is 0 Å². The molecule has 1 aromatic carbocycles. The summed E-state index contributed by atoms with van der Waals surface area (Å²) < 4.78 is 1.70. The highest BCUT2D eigenvalue weighted by Crippen LogP contribution is 2.36. The van der Waals surface area contributed by atoms with E-state index in [4.69, 9.17) is 4.98 Å². The van der Waals surface area contributed by atoms with Crippen LogP contribution in [0.4, 0.5) is 5.69 Å². The minimum Gasteiger partial charge on any atom is -0.386 e. The van der Waals surface area contributed by atoms with Gasteiger partial charge < -0.3 is 10.0 Å². The van der Waals surface area contributed by atoms with E-state index in [-0.39, 0.29) is 0 Å². The van der Waals surface area contributed by atoms with Gasteiger partial charge in [-0.05, 0) is 31.9 Å². The molecular formula is C18H21N5O. The van der Waals surface area contributed by atoms with E-state index in [1.807, 2.05) is 25.1 Å². The zero-order valence-corrected chi connectivity index (χ0v) is 14.0. The van der Waals surface area contributed by atoms with E-state index in [1.54, 1.807) is 17.1 Å². The van der Waals surface area contributed by atoms with Crippen LogP contribution in [-0.2, 0) is 6.54 Å². The van der Waals surface area contributed by atoms with Crippen LogP contribution >= 0.6 is 0 Å². The van der Waals surface area contributed by atoms with Crippen LogP contribution in [-0.4, -0.2) is 43.8 Å². The van der Waals surface area contributed by atoms with Crippen molar-refractivity contribution in [2.24, 2.45) is 0 Å². The Labute approximate surface area is 140 Å². The first kappa shape index (κ1) is 15.1. The van der Waals surface area contributed by atoms with Gasteiger partial charge in [0.2, 0.25) is 0 Å². The number of benzene rings is 1. The van der Waals surface area contributed by atoms with Crippen LogP contribution in [0.3, 0.4) is 0 Å². The molecular weight excluding hydrogens is 302 g/mol. The van der Waals surface area contributed by atoms with Crippen molar-refractivity contribution in [3.8, 4) is 0 Å². The predicted octanol–water partition coefficient (Wildman–Crippen LogP) is 2.08. The van der Waals surface area contributed by atoms with Crippen LogP contribution in [0.25, 0.3) is 10.9 Å². The lowest BCUT2D eigenvalue weighted by Crippen LogP contribution is -2.38. The van der Waals surface area contributed by atoms with E-state index in [1.165, 1.54) is 11.3 Å². The molecule has 6 nitrogen and oxygen atoms in total. The Hall–Kier alpha value is -2.47. The number of rotatable bonds is 3. The Morgan fingerprint density at radius 2 is 2.08 bits per heavy atom. The largest absolute Gasteiger partial charge is 0.386 e. The number of pyridine rings is 1. The number of β-amino-alcohol motifs (C(OH)–C–C–N with tert-alkyl or cyclic N) is 1. The molecule has 3 heterocycles. The molecule has 1 N–H and O–H groups in total. The summed E-state index contributed by atoms with van der Waals surface area (Å²) in [7, 11) is 0. The number of aliphatic hydroxyl groups is 1. The smallest absolute Gasteiger partial charge is 0.103 e. The molecule has 0 radical (unpaired) electrons. The van der Waals surface area contributed by atoms with Crippen LogP contribution in [0.1, 0.15) is 17.7 Å². The Morgan fingerprint density at radius 3 is 2.88 bits per heavy atom. The molecule has 1 aliphatic heterocycles. The molecule has 0 bridgehead atoms. The average molecular weight is 323 g/mol. The molecule has 0 saturated carbocycles. The van der Waals surface area contributed by atoms with Gasteiger partial charge in [0.1, 0.15) is 5.60 Å². The fourth-order valence-corrected chi connectivity index (χ4v) is 3.61. The molecule has 0 spiro atoms.